The first-order chi connectivity index (χ1) is 5.66. The maximum absolute atomic E-state index is 3.81. The van der Waals surface area contributed by atoms with Gasteiger partial charge in [0.2, 0.25) is 0 Å². The van der Waals surface area contributed by atoms with Crippen molar-refractivity contribution in [3.63, 3.8) is 0 Å². The van der Waals surface area contributed by atoms with E-state index in [9.17, 15) is 0 Å². The summed E-state index contributed by atoms with van der Waals surface area (Å²) in [6.07, 6.45) is 1.98. The monoisotopic (exact) mass is 272 g/mol. The van der Waals surface area contributed by atoms with Crippen molar-refractivity contribution < 1.29 is 0 Å². The zero-order valence-electron chi connectivity index (χ0n) is 7.47. The van der Waals surface area contributed by atoms with Gasteiger partial charge in [0.25, 0.3) is 0 Å². The van der Waals surface area contributed by atoms with Crippen LogP contribution in [-0.2, 0) is 0 Å². The maximum Gasteiger partial charge on any atom is 0.0162 e. The number of hydrogen-bond donors (Lipinski definition) is 0. The molecule has 1 aromatic carbocycles. The Balaban J connectivity index is 3.15. The van der Waals surface area contributed by atoms with E-state index in [1.54, 1.807) is 0 Å². The molecule has 0 N–H and O–H groups in total. The summed E-state index contributed by atoms with van der Waals surface area (Å²) in [5.74, 6) is 0.458. The molecule has 0 aliphatic carbocycles. The zero-order chi connectivity index (χ0) is 9.14. The van der Waals surface area contributed by atoms with Gasteiger partial charge in [-0.25, -0.2) is 0 Å². The predicted molar refractivity (Wildman–Crippen MR) is 62.5 cm³/mol. The molecule has 0 saturated carbocycles. The number of benzene rings is 1. The van der Waals surface area contributed by atoms with Crippen molar-refractivity contribution in [3.05, 3.63) is 45.6 Å². The molecule has 0 aliphatic rings. The highest BCUT2D eigenvalue weighted by Crippen LogP contribution is 2.23. The normalized spacial score (nSPS) is 12.6. The largest absolute Gasteiger partial charge is 0.102 e. The van der Waals surface area contributed by atoms with Gasteiger partial charge in [-0.3, -0.25) is 0 Å². The Bertz CT molecular complexity index is 289. The minimum absolute atomic E-state index is 0.458. The third-order valence-corrected chi connectivity index (χ3v) is 3.32. The Hall–Kier alpha value is -0.310. The molecule has 0 nitrogen and oxygen atoms in total. The van der Waals surface area contributed by atoms with Gasteiger partial charge in [-0.05, 0) is 52.6 Å². The van der Waals surface area contributed by atoms with E-state index in [1.165, 1.54) is 14.7 Å². The molecule has 0 fully saturated rings. The molecule has 0 aromatic heterocycles. The number of hydrogen-bond acceptors (Lipinski definition) is 0. The summed E-state index contributed by atoms with van der Waals surface area (Å²) in [6.45, 7) is 8.14. The summed E-state index contributed by atoms with van der Waals surface area (Å²) in [7, 11) is 0. The summed E-state index contributed by atoms with van der Waals surface area (Å²) < 4.78 is 1.33. The fourth-order valence-electron chi connectivity index (χ4n) is 1.24. The van der Waals surface area contributed by atoms with Gasteiger partial charge in [-0.1, -0.05) is 25.1 Å². The van der Waals surface area contributed by atoms with Crippen molar-refractivity contribution in [2.45, 2.75) is 19.8 Å². The van der Waals surface area contributed by atoms with Gasteiger partial charge in [0.05, 0.1) is 0 Å². The lowest BCUT2D eigenvalue weighted by Crippen LogP contribution is -1.94. The summed E-state index contributed by atoms with van der Waals surface area (Å²) in [5.41, 5.74) is 2.77. The van der Waals surface area contributed by atoms with Crippen LogP contribution in [0, 0.1) is 10.5 Å². The van der Waals surface area contributed by atoms with Crippen LogP contribution in [0.3, 0.4) is 0 Å². The lowest BCUT2D eigenvalue weighted by Gasteiger charge is -2.11. The third kappa shape index (κ3) is 1.89. The Kier molecular flexibility index (Phi) is 3.32. The number of rotatable bonds is 2. The first-order valence-electron chi connectivity index (χ1n) is 4.04. The molecule has 1 rings (SSSR count). The van der Waals surface area contributed by atoms with Crippen LogP contribution in [0.4, 0.5) is 0 Å². The van der Waals surface area contributed by atoms with Crippen molar-refractivity contribution in [2.75, 3.05) is 0 Å². The number of allylic oxidation sites excluding steroid dienone is 1. The molecule has 1 unspecified atom stereocenters. The lowest BCUT2D eigenvalue weighted by atomic mass is 9.97. The van der Waals surface area contributed by atoms with E-state index in [0.29, 0.717) is 5.92 Å². The van der Waals surface area contributed by atoms with E-state index in [0.717, 1.165) is 0 Å². The minimum atomic E-state index is 0.458. The zero-order valence-corrected chi connectivity index (χ0v) is 9.63. The Morgan fingerprint density at radius 1 is 1.50 bits per heavy atom. The van der Waals surface area contributed by atoms with Crippen LogP contribution in [0.1, 0.15) is 24.0 Å². The second-order valence-electron chi connectivity index (χ2n) is 2.98. The van der Waals surface area contributed by atoms with Crippen LogP contribution < -0.4 is 0 Å². The third-order valence-electron chi connectivity index (χ3n) is 2.15. The van der Waals surface area contributed by atoms with Crippen molar-refractivity contribution in [1.82, 2.24) is 0 Å². The van der Waals surface area contributed by atoms with Crippen LogP contribution in [0.25, 0.3) is 0 Å². The SMILES string of the molecule is C=CC(C)c1cccc(I)c1C. The fraction of sp³-hybridized carbons (Fsp3) is 0.273. The molecule has 0 spiro atoms. The molecule has 1 aromatic rings. The van der Waals surface area contributed by atoms with Gasteiger partial charge >= 0.3 is 0 Å². The van der Waals surface area contributed by atoms with E-state index < -0.39 is 0 Å². The molecule has 0 bridgehead atoms. The highest BCUT2D eigenvalue weighted by atomic mass is 127. The van der Waals surface area contributed by atoms with Crippen molar-refractivity contribution in [3.8, 4) is 0 Å². The van der Waals surface area contributed by atoms with Crippen LogP contribution in [0.5, 0.6) is 0 Å². The quantitative estimate of drug-likeness (QED) is 0.566. The summed E-state index contributed by atoms with van der Waals surface area (Å²) in [6, 6.07) is 6.41. The van der Waals surface area contributed by atoms with Gasteiger partial charge in [0.15, 0.2) is 0 Å². The predicted octanol–water partition coefficient (Wildman–Crippen LogP) is 3.89. The Morgan fingerprint density at radius 2 is 2.17 bits per heavy atom. The van der Waals surface area contributed by atoms with E-state index in [2.05, 4.69) is 61.2 Å². The van der Waals surface area contributed by atoms with Gasteiger partial charge < -0.3 is 0 Å². The highest BCUT2D eigenvalue weighted by Gasteiger charge is 2.05. The van der Waals surface area contributed by atoms with Gasteiger partial charge in [-0.15, -0.1) is 6.58 Å². The van der Waals surface area contributed by atoms with Crippen molar-refractivity contribution in [1.29, 1.82) is 0 Å². The smallest absolute Gasteiger partial charge is 0.0162 e. The van der Waals surface area contributed by atoms with E-state index >= 15 is 0 Å². The summed E-state index contributed by atoms with van der Waals surface area (Å²) >= 11 is 2.37. The van der Waals surface area contributed by atoms with Crippen LogP contribution in [0.15, 0.2) is 30.9 Å². The molecular formula is C11H13I. The maximum atomic E-state index is 3.81. The van der Waals surface area contributed by atoms with Crippen molar-refractivity contribution >= 4 is 22.6 Å². The van der Waals surface area contributed by atoms with Gasteiger partial charge in [0, 0.05) is 3.57 Å². The Labute approximate surface area is 87.8 Å². The van der Waals surface area contributed by atoms with E-state index in [1.807, 2.05) is 6.08 Å². The fourth-order valence-corrected chi connectivity index (χ4v) is 1.76. The lowest BCUT2D eigenvalue weighted by molar-refractivity contribution is 0.953. The van der Waals surface area contributed by atoms with Crippen LogP contribution in [-0.4, -0.2) is 0 Å². The summed E-state index contributed by atoms with van der Waals surface area (Å²) in [4.78, 5) is 0. The molecule has 0 amide bonds. The standard InChI is InChI=1S/C11H13I/c1-4-8(2)10-6-5-7-11(12)9(10)3/h4-8H,1H2,2-3H3. The molecule has 12 heavy (non-hydrogen) atoms. The molecule has 0 heterocycles. The van der Waals surface area contributed by atoms with Crippen LogP contribution in [0.2, 0.25) is 0 Å². The first-order valence-corrected chi connectivity index (χ1v) is 5.12. The molecule has 0 saturated heterocycles. The second-order valence-corrected chi connectivity index (χ2v) is 4.14. The minimum Gasteiger partial charge on any atom is -0.102 e. The van der Waals surface area contributed by atoms with E-state index in [-0.39, 0.29) is 0 Å². The second kappa shape index (κ2) is 4.08. The van der Waals surface area contributed by atoms with Crippen LogP contribution >= 0.6 is 22.6 Å². The summed E-state index contributed by atoms with van der Waals surface area (Å²) in [5, 5.41) is 0. The average molecular weight is 272 g/mol. The highest BCUT2D eigenvalue weighted by molar-refractivity contribution is 14.1. The first kappa shape index (κ1) is 9.78. The Morgan fingerprint density at radius 3 is 2.75 bits per heavy atom. The average Bonchev–Trinajstić information content (AvgIpc) is 2.08. The molecule has 0 aliphatic heterocycles. The molecule has 1 heteroatoms. The van der Waals surface area contributed by atoms with Gasteiger partial charge in [-0.2, -0.15) is 0 Å². The molecule has 0 radical (unpaired) electrons. The van der Waals surface area contributed by atoms with Gasteiger partial charge in [0.1, 0.15) is 0 Å². The topological polar surface area (TPSA) is 0 Å². The molecule has 1 atom stereocenters. The van der Waals surface area contributed by atoms with E-state index in [4.69, 9.17) is 0 Å². The van der Waals surface area contributed by atoms with Crippen molar-refractivity contribution in [2.24, 2.45) is 0 Å². The number of halogens is 1. The molecular weight excluding hydrogens is 259 g/mol. The molecule has 64 valence electrons.